The molecule has 118 valence electrons. The first kappa shape index (κ1) is 16.3. The number of hydrogen-bond acceptors (Lipinski definition) is 5. The number of nitrogens with zero attached hydrogens (tertiary/aromatic N) is 2. The molecule has 2 rings (SSSR count). The first-order chi connectivity index (χ1) is 10.2. The Labute approximate surface area is 127 Å². The number of methoxy groups -OCH3 is 1. The van der Waals surface area contributed by atoms with Crippen molar-refractivity contribution in [3.8, 4) is 0 Å². The van der Waals surface area contributed by atoms with Crippen LogP contribution in [0, 0.1) is 0 Å². The van der Waals surface area contributed by atoms with Crippen molar-refractivity contribution < 1.29 is 9.47 Å². The molecule has 5 heteroatoms. The van der Waals surface area contributed by atoms with Crippen LogP contribution < -0.4 is 5.73 Å². The summed E-state index contributed by atoms with van der Waals surface area (Å²) < 4.78 is 11.3. The maximum Gasteiger partial charge on any atom is 0.160 e. The Bertz CT molecular complexity index is 446. The molecule has 0 saturated carbocycles. The van der Waals surface area contributed by atoms with Gasteiger partial charge in [0.1, 0.15) is 5.60 Å². The summed E-state index contributed by atoms with van der Waals surface area (Å²) in [5, 5.41) is 0. The molecule has 1 aromatic heterocycles. The average Bonchev–Trinajstić information content (AvgIpc) is 2.55. The Kier molecular flexibility index (Phi) is 5.67. The summed E-state index contributed by atoms with van der Waals surface area (Å²) in [6, 6.07) is 0. The fourth-order valence-electron chi connectivity index (χ4n) is 3.02. The summed E-state index contributed by atoms with van der Waals surface area (Å²) >= 11 is 0. The van der Waals surface area contributed by atoms with E-state index in [4.69, 9.17) is 25.2 Å². The van der Waals surface area contributed by atoms with Crippen LogP contribution in [0.4, 0.5) is 0 Å². The SMILES string of the molecule is CCc1nc(C2(OC)CCOCC2)nc(CC)c1CCN. The van der Waals surface area contributed by atoms with E-state index in [1.165, 1.54) is 5.56 Å². The van der Waals surface area contributed by atoms with Crippen molar-refractivity contribution in [3.05, 3.63) is 22.8 Å². The number of rotatable bonds is 6. The molecule has 1 aromatic rings. The van der Waals surface area contributed by atoms with E-state index in [-0.39, 0.29) is 0 Å². The molecule has 0 aliphatic carbocycles. The molecule has 1 saturated heterocycles. The molecule has 1 aliphatic rings. The van der Waals surface area contributed by atoms with Crippen molar-refractivity contribution in [2.45, 2.75) is 51.6 Å². The molecule has 2 N–H and O–H groups in total. The molecule has 21 heavy (non-hydrogen) atoms. The maximum atomic E-state index is 5.83. The van der Waals surface area contributed by atoms with Crippen LogP contribution in [0.2, 0.25) is 0 Å². The highest BCUT2D eigenvalue weighted by Gasteiger charge is 2.38. The Morgan fingerprint density at radius 2 is 1.71 bits per heavy atom. The molecule has 0 spiro atoms. The van der Waals surface area contributed by atoms with Gasteiger partial charge in [-0.05, 0) is 31.4 Å². The number of aryl methyl sites for hydroxylation is 2. The first-order valence-electron chi connectivity index (χ1n) is 7.92. The second-order valence-corrected chi connectivity index (χ2v) is 5.48. The van der Waals surface area contributed by atoms with Crippen molar-refractivity contribution in [1.29, 1.82) is 0 Å². The summed E-state index contributed by atoms with van der Waals surface area (Å²) in [6.45, 7) is 6.30. The monoisotopic (exact) mass is 293 g/mol. The van der Waals surface area contributed by atoms with Gasteiger partial charge < -0.3 is 15.2 Å². The summed E-state index contributed by atoms with van der Waals surface area (Å²) in [6.07, 6.45) is 4.26. The summed E-state index contributed by atoms with van der Waals surface area (Å²) in [7, 11) is 1.75. The van der Waals surface area contributed by atoms with Gasteiger partial charge >= 0.3 is 0 Å². The minimum Gasteiger partial charge on any atom is -0.381 e. The van der Waals surface area contributed by atoms with Crippen LogP contribution in [-0.4, -0.2) is 36.8 Å². The van der Waals surface area contributed by atoms with Gasteiger partial charge in [0.15, 0.2) is 5.82 Å². The van der Waals surface area contributed by atoms with E-state index in [1.807, 2.05) is 0 Å². The molecule has 0 radical (unpaired) electrons. The summed E-state index contributed by atoms with van der Waals surface area (Å²) in [5.41, 5.74) is 8.81. The zero-order valence-electron chi connectivity index (χ0n) is 13.4. The predicted octanol–water partition coefficient (Wildman–Crippen LogP) is 1.75. The minimum absolute atomic E-state index is 0.396. The van der Waals surface area contributed by atoms with Gasteiger partial charge in [-0.25, -0.2) is 9.97 Å². The van der Waals surface area contributed by atoms with E-state index in [0.717, 1.165) is 49.3 Å². The largest absolute Gasteiger partial charge is 0.381 e. The molecule has 0 bridgehead atoms. The molecular weight excluding hydrogens is 266 g/mol. The molecule has 0 aromatic carbocycles. The van der Waals surface area contributed by atoms with Crippen molar-refractivity contribution in [2.75, 3.05) is 26.9 Å². The number of ether oxygens (including phenoxy) is 2. The summed E-state index contributed by atoms with van der Waals surface area (Å²) in [4.78, 5) is 9.68. The van der Waals surface area contributed by atoms with E-state index in [2.05, 4.69) is 13.8 Å². The summed E-state index contributed by atoms with van der Waals surface area (Å²) in [5.74, 6) is 0.822. The molecule has 0 unspecified atom stereocenters. The number of hydrogen-bond donors (Lipinski definition) is 1. The van der Waals surface area contributed by atoms with Crippen LogP contribution in [0.25, 0.3) is 0 Å². The fourth-order valence-corrected chi connectivity index (χ4v) is 3.02. The average molecular weight is 293 g/mol. The molecule has 1 fully saturated rings. The Hall–Kier alpha value is -1.04. The Balaban J connectivity index is 2.48. The van der Waals surface area contributed by atoms with E-state index >= 15 is 0 Å². The van der Waals surface area contributed by atoms with Crippen LogP contribution in [-0.2, 0) is 34.3 Å². The second-order valence-electron chi connectivity index (χ2n) is 5.48. The zero-order valence-corrected chi connectivity index (χ0v) is 13.4. The third-order valence-electron chi connectivity index (χ3n) is 4.34. The fraction of sp³-hybridized carbons (Fsp3) is 0.750. The van der Waals surface area contributed by atoms with Gasteiger partial charge in [0.05, 0.1) is 0 Å². The van der Waals surface area contributed by atoms with Crippen molar-refractivity contribution >= 4 is 0 Å². The van der Waals surface area contributed by atoms with E-state index < -0.39 is 5.60 Å². The lowest BCUT2D eigenvalue weighted by Crippen LogP contribution is -2.38. The van der Waals surface area contributed by atoms with Crippen molar-refractivity contribution in [2.24, 2.45) is 5.73 Å². The van der Waals surface area contributed by atoms with Gasteiger partial charge in [0.2, 0.25) is 0 Å². The van der Waals surface area contributed by atoms with Crippen LogP contribution >= 0.6 is 0 Å². The first-order valence-corrected chi connectivity index (χ1v) is 7.92. The zero-order chi connectivity index (χ0) is 15.3. The number of nitrogens with two attached hydrogens (primary N) is 1. The smallest absolute Gasteiger partial charge is 0.160 e. The van der Waals surface area contributed by atoms with Crippen LogP contribution in [0.5, 0.6) is 0 Å². The standard InChI is InChI=1S/C16H27N3O2/c1-4-13-12(6-9-17)14(5-2)19-15(18-13)16(20-3)7-10-21-11-8-16/h4-11,17H2,1-3H3. The van der Waals surface area contributed by atoms with E-state index in [9.17, 15) is 0 Å². The van der Waals surface area contributed by atoms with E-state index in [1.54, 1.807) is 7.11 Å². The van der Waals surface area contributed by atoms with Gasteiger partial charge in [-0.3, -0.25) is 0 Å². The normalized spacial score (nSPS) is 17.9. The quantitative estimate of drug-likeness (QED) is 0.865. The van der Waals surface area contributed by atoms with Gasteiger partial charge in [-0.1, -0.05) is 13.8 Å². The lowest BCUT2D eigenvalue weighted by atomic mass is 9.92. The topological polar surface area (TPSA) is 70.3 Å². The Morgan fingerprint density at radius 3 is 2.14 bits per heavy atom. The highest BCUT2D eigenvalue weighted by atomic mass is 16.5. The highest BCUT2D eigenvalue weighted by molar-refractivity contribution is 5.28. The molecular formula is C16H27N3O2. The Morgan fingerprint density at radius 1 is 1.14 bits per heavy atom. The molecule has 0 atom stereocenters. The van der Waals surface area contributed by atoms with Gasteiger partial charge in [-0.15, -0.1) is 0 Å². The van der Waals surface area contributed by atoms with Gasteiger partial charge in [0, 0.05) is 44.6 Å². The van der Waals surface area contributed by atoms with Crippen LogP contribution in [0.3, 0.4) is 0 Å². The van der Waals surface area contributed by atoms with Crippen LogP contribution in [0.15, 0.2) is 0 Å². The lowest BCUT2D eigenvalue weighted by molar-refractivity contribution is -0.100. The lowest BCUT2D eigenvalue weighted by Gasteiger charge is -2.35. The highest BCUT2D eigenvalue weighted by Crippen LogP contribution is 2.34. The van der Waals surface area contributed by atoms with Crippen molar-refractivity contribution in [1.82, 2.24) is 9.97 Å². The third kappa shape index (κ3) is 3.25. The molecule has 5 nitrogen and oxygen atoms in total. The molecule has 2 heterocycles. The van der Waals surface area contributed by atoms with Gasteiger partial charge in [0.25, 0.3) is 0 Å². The van der Waals surface area contributed by atoms with Crippen LogP contribution in [0.1, 0.15) is 49.5 Å². The van der Waals surface area contributed by atoms with E-state index in [0.29, 0.717) is 19.8 Å². The van der Waals surface area contributed by atoms with Crippen molar-refractivity contribution in [3.63, 3.8) is 0 Å². The maximum absolute atomic E-state index is 5.83. The second kappa shape index (κ2) is 7.29. The molecule has 1 aliphatic heterocycles. The number of aromatic nitrogens is 2. The minimum atomic E-state index is -0.396. The third-order valence-corrected chi connectivity index (χ3v) is 4.34. The van der Waals surface area contributed by atoms with Gasteiger partial charge in [-0.2, -0.15) is 0 Å². The predicted molar refractivity (Wildman–Crippen MR) is 82.3 cm³/mol. The molecule has 0 amide bonds.